The molecule has 2 bridgehead atoms. The van der Waals surface area contributed by atoms with E-state index in [0.29, 0.717) is 35.2 Å². The Morgan fingerprint density at radius 2 is 1.66 bits per heavy atom. The van der Waals surface area contributed by atoms with Crippen LogP contribution in [0.3, 0.4) is 0 Å². The Kier molecular flexibility index (Phi) is 9.49. The van der Waals surface area contributed by atoms with E-state index in [1.54, 1.807) is 69.8 Å². The molecule has 2 aromatic rings. The predicted molar refractivity (Wildman–Crippen MR) is 176 cm³/mol. The smallest absolute Gasteiger partial charge is 0.251 e. The minimum atomic E-state index is -0.876. The third-order valence-electron chi connectivity index (χ3n) is 9.19. The zero-order chi connectivity index (χ0) is 31.8. The van der Waals surface area contributed by atoms with E-state index in [4.69, 9.17) is 16.3 Å². The molecule has 1 spiro atoms. The highest BCUT2D eigenvalue weighted by Gasteiger charge is 2.76. The molecule has 3 fully saturated rings. The van der Waals surface area contributed by atoms with Crippen molar-refractivity contribution >= 4 is 52.5 Å². The molecule has 0 radical (unpaired) electrons. The zero-order valence-electron chi connectivity index (χ0n) is 25.4. The number of thioether (sulfide) groups is 1. The Morgan fingerprint density at radius 1 is 1.09 bits per heavy atom. The second-order valence-corrected chi connectivity index (χ2v) is 13.7. The molecule has 0 aromatic heterocycles. The summed E-state index contributed by atoms with van der Waals surface area (Å²) in [4.78, 5) is 48.6. The lowest BCUT2D eigenvalue weighted by atomic mass is 9.65. The van der Waals surface area contributed by atoms with Crippen LogP contribution in [0.1, 0.15) is 27.2 Å². The molecule has 5 rings (SSSR count). The summed E-state index contributed by atoms with van der Waals surface area (Å²) in [6.45, 7) is 14.2. The fourth-order valence-electron chi connectivity index (χ4n) is 7.32. The number of anilines is 2. The van der Waals surface area contributed by atoms with E-state index in [1.807, 2.05) is 31.2 Å². The number of carbonyl (C=O) groups excluding carboxylic acids is 3. The lowest BCUT2D eigenvalue weighted by Crippen LogP contribution is -2.59. The van der Waals surface area contributed by atoms with Crippen LogP contribution in [0, 0.1) is 17.8 Å². The molecule has 7 atom stereocenters. The third-order valence-corrected chi connectivity index (χ3v) is 11.5. The fraction of sp³-hybridized carbons (Fsp3) is 0.441. The molecule has 0 saturated carbocycles. The van der Waals surface area contributed by atoms with Crippen molar-refractivity contribution in [1.82, 2.24) is 4.90 Å². The number of hydrogen-bond donors (Lipinski definition) is 1. The minimum absolute atomic E-state index is 0.0190. The van der Waals surface area contributed by atoms with Gasteiger partial charge in [0.2, 0.25) is 11.8 Å². The van der Waals surface area contributed by atoms with Crippen molar-refractivity contribution in [2.45, 2.75) is 49.3 Å². The molecule has 3 unspecified atom stereocenters. The van der Waals surface area contributed by atoms with Crippen LogP contribution in [-0.2, 0) is 14.4 Å². The molecule has 1 N–H and O–H groups in total. The van der Waals surface area contributed by atoms with Gasteiger partial charge in [0.1, 0.15) is 11.8 Å². The maximum absolute atomic E-state index is 14.7. The maximum Gasteiger partial charge on any atom is 0.251 e. The van der Waals surface area contributed by atoms with Crippen LogP contribution >= 0.6 is 23.4 Å². The van der Waals surface area contributed by atoms with Gasteiger partial charge in [-0.2, -0.15) is 0 Å². The topological polar surface area (TPSA) is 90.4 Å². The number of aliphatic hydroxyl groups excluding tert-OH is 1. The number of carbonyl (C=O) groups is 3. The van der Waals surface area contributed by atoms with Crippen LogP contribution < -0.4 is 14.5 Å². The standard InChI is InChI=1S/C34H40ClN3O5S/c1-6-17-36(25-13-15-26(16-14-25)43-8-3)31(40)28-27-19-21(4)34(44-27)29(28)32(41)38(22(5)20-39)30(34)33(42)37(18-7-2)24-11-9-23(35)10-12-24/h6-7,9-16,21-22,27-30,39H,1-2,8,17-20H2,3-5H3/t21?,22-,27-,28+,29+,30?,34?/m1/s1. The van der Waals surface area contributed by atoms with Gasteiger partial charge >= 0.3 is 0 Å². The molecule has 3 amide bonds. The van der Waals surface area contributed by atoms with Gasteiger partial charge in [-0.25, -0.2) is 0 Å². The van der Waals surface area contributed by atoms with Gasteiger partial charge < -0.3 is 24.5 Å². The second-order valence-electron chi connectivity index (χ2n) is 11.7. The summed E-state index contributed by atoms with van der Waals surface area (Å²) < 4.78 is 4.75. The number of amides is 3. The number of nitrogens with zero attached hydrogens (tertiary/aromatic N) is 3. The first kappa shape index (κ1) is 32.1. The average Bonchev–Trinajstić information content (AvgIpc) is 3.62. The predicted octanol–water partition coefficient (Wildman–Crippen LogP) is 5.19. The van der Waals surface area contributed by atoms with Gasteiger partial charge in [0, 0.05) is 34.7 Å². The highest BCUT2D eigenvalue weighted by Crippen LogP contribution is 2.69. The molecule has 10 heteroatoms. The van der Waals surface area contributed by atoms with E-state index in [2.05, 4.69) is 20.1 Å². The molecular formula is C34H40ClN3O5S. The number of likely N-dealkylation sites (tertiary alicyclic amines) is 1. The van der Waals surface area contributed by atoms with Gasteiger partial charge in [-0.1, -0.05) is 30.7 Å². The quantitative estimate of drug-likeness (QED) is 0.322. The van der Waals surface area contributed by atoms with Gasteiger partial charge in [0.25, 0.3) is 5.91 Å². The van der Waals surface area contributed by atoms with Crippen molar-refractivity contribution in [1.29, 1.82) is 0 Å². The molecule has 0 aliphatic carbocycles. The Bertz CT molecular complexity index is 1420. The second kappa shape index (κ2) is 13.0. The molecule has 3 aliphatic rings. The number of rotatable bonds is 12. The highest BCUT2D eigenvalue weighted by atomic mass is 35.5. The molecule has 2 aromatic carbocycles. The number of hydrogen-bond acceptors (Lipinski definition) is 6. The number of ether oxygens (including phenoxy) is 1. The molecule has 234 valence electrons. The van der Waals surface area contributed by atoms with Gasteiger partial charge in [0.05, 0.1) is 35.8 Å². The van der Waals surface area contributed by atoms with Crippen molar-refractivity contribution < 1.29 is 24.2 Å². The van der Waals surface area contributed by atoms with Crippen LogP contribution in [0.25, 0.3) is 0 Å². The zero-order valence-corrected chi connectivity index (χ0v) is 27.0. The van der Waals surface area contributed by atoms with Gasteiger partial charge in [-0.3, -0.25) is 14.4 Å². The van der Waals surface area contributed by atoms with Gasteiger partial charge in [-0.05, 0) is 74.7 Å². The van der Waals surface area contributed by atoms with Crippen LogP contribution in [0.5, 0.6) is 5.75 Å². The van der Waals surface area contributed by atoms with E-state index in [9.17, 15) is 19.5 Å². The van der Waals surface area contributed by atoms with Gasteiger partial charge in [0.15, 0.2) is 0 Å². The summed E-state index contributed by atoms with van der Waals surface area (Å²) in [5.74, 6) is -1.35. The van der Waals surface area contributed by atoms with Crippen LogP contribution in [0.2, 0.25) is 5.02 Å². The molecule has 3 aliphatic heterocycles. The van der Waals surface area contributed by atoms with Crippen molar-refractivity contribution in [3.8, 4) is 5.75 Å². The lowest BCUT2D eigenvalue weighted by molar-refractivity contribution is -0.141. The summed E-state index contributed by atoms with van der Waals surface area (Å²) in [5, 5.41) is 10.7. The van der Waals surface area contributed by atoms with Crippen molar-refractivity contribution in [3.05, 3.63) is 78.9 Å². The fourth-order valence-corrected chi connectivity index (χ4v) is 9.85. The van der Waals surface area contributed by atoms with Crippen molar-refractivity contribution in [3.63, 3.8) is 0 Å². The first-order valence-electron chi connectivity index (χ1n) is 15.1. The molecule has 44 heavy (non-hydrogen) atoms. The summed E-state index contributed by atoms with van der Waals surface area (Å²) in [6.07, 6.45) is 4.02. The summed E-state index contributed by atoms with van der Waals surface area (Å²) >= 11 is 7.76. The SMILES string of the molecule is C=CCN(C(=O)C1N([C@H](C)CO)C(=O)[C@@H]2[C@@H](C(=O)N(CC=C)c3ccc(OCC)cc3)[C@H]3CC(C)C12S3)c1ccc(Cl)cc1. The van der Waals surface area contributed by atoms with Crippen molar-refractivity contribution in [2.75, 3.05) is 36.1 Å². The Hall–Kier alpha value is -3.27. The first-order valence-corrected chi connectivity index (χ1v) is 16.3. The normalized spacial score (nSPS) is 27.5. The Balaban J connectivity index is 1.57. The van der Waals surface area contributed by atoms with Crippen LogP contribution in [0.15, 0.2) is 73.8 Å². The maximum atomic E-state index is 14.7. The van der Waals surface area contributed by atoms with Crippen molar-refractivity contribution in [2.24, 2.45) is 17.8 Å². The Labute approximate surface area is 268 Å². The number of aliphatic hydroxyl groups is 1. The summed E-state index contributed by atoms with van der Waals surface area (Å²) in [6, 6.07) is 12.8. The van der Waals surface area contributed by atoms with E-state index in [0.717, 1.165) is 0 Å². The molecule has 8 nitrogen and oxygen atoms in total. The first-order chi connectivity index (χ1) is 21.1. The molecular weight excluding hydrogens is 598 g/mol. The monoisotopic (exact) mass is 637 g/mol. The van der Waals surface area contributed by atoms with E-state index in [1.165, 1.54) is 0 Å². The number of halogens is 1. The number of fused-ring (bicyclic) bond motifs is 1. The molecule has 3 heterocycles. The number of benzene rings is 2. The lowest BCUT2D eigenvalue weighted by Gasteiger charge is -2.41. The summed E-state index contributed by atoms with van der Waals surface area (Å²) in [5.41, 5.74) is 1.32. The largest absolute Gasteiger partial charge is 0.494 e. The third kappa shape index (κ3) is 5.22. The van der Waals surface area contributed by atoms with Crippen LogP contribution in [-0.4, -0.2) is 76.1 Å². The van der Waals surface area contributed by atoms with Crippen LogP contribution in [0.4, 0.5) is 11.4 Å². The van der Waals surface area contributed by atoms with E-state index in [-0.39, 0.29) is 48.6 Å². The molecule has 3 saturated heterocycles. The van der Waals surface area contributed by atoms with E-state index >= 15 is 0 Å². The highest BCUT2D eigenvalue weighted by molar-refractivity contribution is 8.02. The Morgan fingerprint density at radius 3 is 2.20 bits per heavy atom. The van der Waals surface area contributed by atoms with E-state index < -0.39 is 28.7 Å². The summed E-state index contributed by atoms with van der Waals surface area (Å²) in [7, 11) is 0. The average molecular weight is 638 g/mol. The minimum Gasteiger partial charge on any atom is -0.494 e. The van der Waals surface area contributed by atoms with Gasteiger partial charge in [-0.15, -0.1) is 24.9 Å².